The molecule has 1 saturated heterocycles. The minimum atomic E-state index is -4.69. The lowest BCUT2D eigenvalue weighted by molar-refractivity contribution is -0.138. The Hall–Kier alpha value is -1.54. The van der Waals surface area contributed by atoms with E-state index in [0.29, 0.717) is 0 Å². The van der Waals surface area contributed by atoms with Crippen LogP contribution in [-0.4, -0.2) is 31.4 Å². The first-order chi connectivity index (χ1) is 10.4. The van der Waals surface area contributed by atoms with E-state index in [1.807, 2.05) is 0 Å². The normalized spacial score (nSPS) is 19.7. The van der Waals surface area contributed by atoms with Gasteiger partial charge >= 0.3 is 19.3 Å². The molecule has 0 spiro atoms. The molecule has 0 unspecified atom stereocenters. The van der Waals surface area contributed by atoms with Crippen LogP contribution in [0, 0.1) is 0 Å². The van der Waals surface area contributed by atoms with E-state index >= 15 is 0 Å². The average molecular weight is 330 g/mol. The van der Waals surface area contributed by atoms with Gasteiger partial charge in [0.2, 0.25) is 0 Å². The molecule has 0 aromatic heterocycles. The van der Waals surface area contributed by atoms with E-state index < -0.39 is 41.6 Å². The van der Waals surface area contributed by atoms with Gasteiger partial charge in [0, 0.05) is 0 Å². The fraction of sp³-hybridized carbons (Fsp3) is 0.533. The second kappa shape index (κ2) is 5.52. The number of methoxy groups -OCH3 is 1. The number of rotatable bonds is 2. The molecule has 4 nitrogen and oxygen atoms in total. The van der Waals surface area contributed by atoms with Crippen LogP contribution >= 0.6 is 0 Å². The average Bonchev–Trinajstić information content (AvgIpc) is 2.64. The molecule has 1 fully saturated rings. The van der Waals surface area contributed by atoms with Crippen LogP contribution in [-0.2, 0) is 20.2 Å². The number of benzene rings is 1. The van der Waals surface area contributed by atoms with Gasteiger partial charge in [-0.3, -0.25) is 0 Å². The van der Waals surface area contributed by atoms with Crippen LogP contribution in [0.2, 0.25) is 0 Å². The molecule has 1 aliphatic heterocycles. The topological polar surface area (TPSA) is 44.8 Å². The molecule has 1 aromatic rings. The number of carbonyl (C=O) groups is 1. The third kappa shape index (κ3) is 3.10. The lowest BCUT2D eigenvalue weighted by Gasteiger charge is -2.32. The first-order valence-corrected chi connectivity index (χ1v) is 7.05. The van der Waals surface area contributed by atoms with Crippen molar-refractivity contribution in [3.05, 3.63) is 29.3 Å². The molecule has 1 heterocycles. The van der Waals surface area contributed by atoms with Crippen LogP contribution in [0.5, 0.6) is 0 Å². The second-order valence-corrected chi connectivity index (χ2v) is 6.35. The highest BCUT2D eigenvalue weighted by molar-refractivity contribution is 6.63. The Morgan fingerprint density at radius 3 is 2.09 bits per heavy atom. The molecule has 8 heteroatoms. The molecule has 0 bridgehead atoms. The number of halogens is 3. The quantitative estimate of drug-likeness (QED) is 0.618. The summed E-state index contributed by atoms with van der Waals surface area (Å²) in [5, 5.41) is 0. The number of carbonyl (C=O) groups excluding carboxylic acids is 1. The lowest BCUT2D eigenvalue weighted by Crippen LogP contribution is -2.41. The Morgan fingerprint density at radius 2 is 1.65 bits per heavy atom. The van der Waals surface area contributed by atoms with Crippen LogP contribution in [0.4, 0.5) is 13.2 Å². The van der Waals surface area contributed by atoms with E-state index in [1.165, 1.54) is 12.1 Å². The van der Waals surface area contributed by atoms with Crippen LogP contribution in [0.3, 0.4) is 0 Å². The number of hydrogen-bond acceptors (Lipinski definition) is 4. The SMILES string of the molecule is COC(=O)c1c(B2OC(C)(C)C(C)(C)O2)cccc1C(F)(F)F. The number of hydrogen-bond donors (Lipinski definition) is 0. The molecule has 0 saturated carbocycles. The van der Waals surface area contributed by atoms with Gasteiger partial charge in [-0.25, -0.2) is 4.79 Å². The van der Waals surface area contributed by atoms with E-state index in [1.54, 1.807) is 27.7 Å². The molecule has 126 valence electrons. The van der Waals surface area contributed by atoms with E-state index in [2.05, 4.69) is 4.74 Å². The Balaban J connectivity index is 2.58. The zero-order valence-electron chi connectivity index (χ0n) is 13.6. The molecule has 1 aromatic carbocycles. The number of esters is 1. The summed E-state index contributed by atoms with van der Waals surface area (Å²) in [7, 11) is -0.0554. The van der Waals surface area contributed by atoms with E-state index in [4.69, 9.17) is 9.31 Å². The number of ether oxygens (including phenoxy) is 1. The smallest absolute Gasteiger partial charge is 0.465 e. The van der Waals surface area contributed by atoms with Crippen molar-refractivity contribution in [2.45, 2.75) is 45.1 Å². The zero-order valence-corrected chi connectivity index (χ0v) is 13.6. The lowest BCUT2D eigenvalue weighted by atomic mass is 9.74. The van der Waals surface area contributed by atoms with Crippen molar-refractivity contribution in [1.29, 1.82) is 0 Å². The third-order valence-electron chi connectivity index (χ3n) is 4.30. The fourth-order valence-electron chi connectivity index (χ4n) is 2.30. The highest BCUT2D eigenvalue weighted by atomic mass is 19.4. The highest BCUT2D eigenvalue weighted by Crippen LogP contribution is 2.38. The van der Waals surface area contributed by atoms with Crippen molar-refractivity contribution in [2.24, 2.45) is 0 Å². The minimum Gasteiger partial charge on any atom is -0.465 e. The van der Waals surface area contributed by atoms with Gasteiger partial charge in [-0.1, -0.05) is 12.1 Å². The van der Waals surface area contributed by atoms with Crippen molar-refractivity contribution in [2.75, 3.05) is 7.11 Å². The molecule has 1 aliphatic rings. The Morgan fingerprint density at radius 1 is 1.13 bits per heavy atom. The Labute approximate surface area is 133 Å². The summed E-state index contributed by atoms with van der Waals surface area (Å²) in [6.45, 7) is 7.10. The van der Waals surface area contributed by atoms with Gasteiger partial charge in [0.05, 0.1) is 29.4 Å². The van der Waals surface area contributed by atoms with Gasteiger partial charge in [0.1, 0.15) is 0 Å². The zero-order chi connectivity index (χ0) is 17.6. The van der Waals surface area contributed by atoms with Gasteiger partial charge in [-0.05, 0) is 39.2 Å². The van der Waals surface area contributed by atoms with E-state index in [-0.39, 0.29) is 5.46 Å². The van der Waals surface area contributed by atoms with Crippen molar-refractivity contribution < 1.29 is 32.0 Å². The Bertz CT molecular complexity index is 610. The molecule has 0 radical (unpaired) electrons. The van der Waals surface area contributed by atoms with Gasteiger partial charge in [0.15, 0.2) is 0 Å². The molecular formula is C15H18BF3O4. The largest absolute Gasteiger partial charge is 0.495 e. The monoisotopic (exact) mass is 330 g/mol. The van der Waals surface area contributed by atoms with E-state index in [0.717, 1.165) is 13.2 Å². The number of alkyl halides is 3. The van der Waals surface area contributed by atoms with Crippen LogP contribution in [0.25, 0.3) is 0 Å². The summed E-state index contributed by atoms with van der Waals surface area (Å²) in [6, 6.07) is 3.43. The maximum absolute atomic E-state index is 13.2. The van der Waals surface area contributed by atoms with E-state index in [9.17, 15) is 18.0 Å². The standard InChI is InChI=1S/C15H18BF3O4/c1-13(2)14(3,4)23-16(22-13)10-8-6-7-9(15(17,18)19)11(10)12(20)21-5/h6-8H,1-5H3. The predicted octanol–water partition coefficient (Wildman–Crippen LogP) is 2.79. The summed E-state index contributed by atoms with van der Waals surface area (Å²) in [6.07, 6.45) is -4.69. The summed E-state index contributed by atoms with van der Waals surface area (Å²) in [5.41, 5.74) is -3.12. The summed E-state index contributed by atoms with van der Waals surface area (Å²) >= 11 is 0. The third-order valence-corrected chi connectivity index (χ3v) is 4.30. The molecular weight excluding hydrogens is 312 g/mol. The maximum atomic E-state index is 13.2. The first kappa shape index (κ1) is 17.8. The fourth-order valence-corrected chi connectivity index (χ4v) is 2.30. The molecule has 0 N–H and O–H groups in total. The van der Waals surface area contributed by atoms with Crippen molar-refractivity contribution in [3.8, 4) is 0 Å². The first-order valence-electron chi connectivity index (χ1n) is 7.05. The molecule has 0 amide bonds. The van der Waals surface area contributed by atoms with Gasteiger partial charge in [0.25, 0.3) is 0 Å². The second-order valence-electron chi connectivity index (χ2n) is 6.35. The van der Waals surface area contributed by atoms with Gasteiger partial charge in [-0.2, -0.15) is 13.2 Å². The summed E-state index contributed by atoms with van der Waals surface area (Å²) in [5.74, 6) is -1.08. The van der Waals surface area contributed by atoms with Gasteiger partial charge in [-0.15, -0.1) is 0 Å². The molecule has 2 rings (SSSR count). The van der Waals surface area contributed by atoms with Gasteiger partial charge < -0.3 is 14.0 Å². The van der Waals surface area contributed by atoms with Crippen LogP contribution < -0.4 is 5.46 Å². The van der Waals surface area contributed by atoms with Crippen molar-refractivity contribution in [3.63, 3.8) is 0 Å². The molecule has 0 atom stereocenters. The predicted molar refractivity (Wildman–Crippen MR) is 78.5 cm³/mol. The molecule has 0 aliphatic carbocycles. The maximum Gasteiger partial charge on any atom is 0.495 e. The summed E-state index contributed by atoms with van der Waals surface area (Å²) < 4.78 is 55.7. The summed E-state index contributed by atoms with van der Waals surface area (Å²) in [4.78, 5) is 11.9. The highest BCUT2D eigenvalue weighted by Gasteiger charge is 2.53. The Kier molecular flexibility index (Phi) is 4.28. The minimum absolute atomic E-state index is 0.00493. The van der Waals surface area contributed by atoms with Crippen LogP contribution in [0.1, 0.15) is 43.6 Å². The van der Waals surface area contributed by atoms with Crippen molar-refractivity contribution in [1.82, 2.24) is 0 Å². The van der Waals surface area contributed by atoms with Crippen LogP contribution in [0.15, 0.2) is 18.2 Å². The van der Waals surface area contributed by atoms with Crippen molar-refractivity contribution >= 4 is 18.6 Å². The molecule has 23 heavy (non-hydrogen) atoms.